The number of fused-ring (bicyclic) bond motifs is 2. The Morgan fingerprint density at radius 2 is 2.04 bits per heavy atom. The SMILES string of the molecule is O=C1COC[C@H]2CN(Cc3cc4nc(Cl)nc(N5CCOCC5)c4s3)CCN12. The van der Waals surface area contributed by atoms with E-state index in [1.165, 1.54) is 4.88 Å². The first-order chi connectivity index (χ1) is 13.7. The number of hydrogen-bond acceptors (Lipinski definition) is 8. The zero-order valence-corrected chi connectivity index (χ0v) is 17.0. The van der Waals surface area contributed by atoms with Crippen molar-refractivity contribution in [2.75, 3.05) is 64.1 Å². The predicted molar refractivity (Wildman–Crippen MR) is 107 cm³/mol. The van der Waals surface area contributed by atoms with E-state index in [4.69, 9.17) is 21.1 Å². The second kappa shape index (κ2) is 7.72. The molecule has 0 radical (unpaired) electrons. The van der Waals surface area contributed by atoms with Crippen LogP contribution in [0.2, 0.25) is 5.28 Å². The summed E-state index contributed by atoms with van der Waals surface area (Å²) < 4.78 is 12.0. The fourth-order valence-corrected chi connectivity index (χ4v) is 5.45. The average molecular weight is 424 g/mol. The molecule has 28 heavy (non-hydrogen) atoms. The van der Waals surface area contributed by atoms with Crippen LogP contribution in [0.3, 0.4) is 0 Å². The van der Waals surface area contributed by atoms with Gasteiger partial charge in [0.05, 0.1) is 36.1 Å². The quantitative estimate of drug-likeness (QED) is 0.687. The van der Waals surface area contributed by atoms with Gasteiger partial charge in [0.15, 0.2) is 5.82 Å². The molecule has 3 aliphatic heterocycles. The third-order valence-electron chi connectivity index (χ3n) is 5.49. The van der Waals surface area contributed by atoms with E-state index >= 15 is 0 Å². The molecule has 2 aromatic heterocycles. The molecule has 0 N–H and O–H groups in total. The third kappa shape index (κ3) is 3.57. The van der Waals surface area contributed by atoms with Crippen LogP contribution in [-0.2, 0) is 20.8 Å². The molecule has 0 unspecified atom stereocenters. The second-order valence-corrected chi connectivity index (χ2v) is 8.81. The van der Waals surface area contributed by atoms with E-state index in [-0.39, 0.29) is 23.8 Å². The van der Waals surface area contributed by atoms with E-state index in [0.29, 0.717) is 19.8 Å². The summed E-state index contributed by atoms with van der Waals surface area (Å²) in [7, 11) is 0. The molecule has 3 fully saturated rings. The van der Waals surface area contributed by atoms with Crippen molar-refractivity contribution in [3.63, 3.8) is 0 Å². The maximum Gasteiger partial charge on any atom is 0.248 e. The summed E-state index contributed by atoms with van der Waals surface area (Å²) in [6.07, 6.45) is 0. The molecule has 0 aromatic carbocycles. The second-order valence-electron chi connectivity index (χ2n) is 7.33. The van der Waals surface area contributed by atoms with Crippen LogP contribution < -0.4 is 4.90 Å². The van der Waals surface area contributed by atoms with E-state index in [0.717, 1.165) is 55.3 Å². The lowest BCUT2D eigenvalue weighted by Crippen LogP contribution is -2.59. The van der Waals surface area contributed by atoms with E-state index in [1.54, 1.807) is 11.3 Å². The van der Waals surface area contributed by atoms with Gasteiger partial charge in [0.2, 0.25) is 11.2 Å². The molecule has 1 atom stereocenters. The van der Waals surface area contributed by atoms with Gasteiger partial charge in [-0.1, -0.05) is 0 Å². The van der Waals surface area contributed by atoms with Gasteiger partial charge in [0.25, 0.3) is 0 Å². The monoisotopic (exact) mass is 423 g/mol. The van der Waals surface area contributed by atoms with Crippen LogP contribution in [0.15, 0.2) is 6.07 Å². The lowest BCUT2D eigenvalue weighted by Gasteiger charge is -2.43. The standard InChI is InChI=1S/C18H22ClN5O3S/c19-18-20-14-7-13(28-16(14)17(21-18)23-3-5-26-6-4-23)9-22-1-2-24-12(8-22)10-27-11-15(24)25/h7,12H,1-6,8-11H2/t12-/m1/s1. The van der Waals surface area contributed by atoms with Gasteiger partial charge in [0, 0.05) is 44.1 Å². The van der Waals surface area contributed by atoms with Crippen molar-refractivity contribution in [1.82, 2.24) is 19.8 Å². The number of ether oxygens (including phenoxy) is 2. The van der Waals surface area contributed by atoms with Gasteiger partial charge in [-0.25, -0.2) is 4.98 Å². The summed E-state index contributed by atoms with van der Waals surface area (Å²) in [5.74, 6) is 1.02. The van der Waals surface area contributed by atoms with Crippen LogP contribution in [0, 0.1) is 0 Å². The van der Waals surface area contributed by atoms with Crippen molar-refractivity contribution in [3.05, 3.63) is 16.2 Å². The number of morpholine rings is 2. The number of carbonyl (C=O) groups is 1. The molecule has 5 rings (SSSR count). The van der Waals surface area contributed by atoms with Gasteiger partial charge in [-0.05, 0) is 17.7 Å². The number of nitrogens with zero attached hydrogens (tertiary/aromatic N) is 5. The van der Waals surface area contributed by atoms with Crippen molar-refractivity contribution < 1.29 is 14.3 Å². The summed E-state index contributed by atoms with van der Waals surface area (Å²) in [5, 5.41) is 0.282. The maximum atomic E-state index is 12.0. The Labute approximate surface area is 172 Å². The van der Waals surface area contributed by atoms with Crippen molar-refractivity contribution in [2.45, 2.75) is 12.6 Å². The third-order valence-corrected chi connectivity index (χ3v) is 6.76. The summed E-state index contributed by atoms with van der Waals surface area (Å²) in [6, 6.07) is 2.27. The Morgan fingerprint density at radius 1 is 1.18 bits per heavy atom. The highest BCUT2D eigenvalue weighted by atomic mass is 35.5. The average Bonchev–Trinajstić information content (AvgIpc) is 3.10. The number of rotatable bonds is 3. The Kier molecular flexibility index (Phi) is 5.10. The van der Waals surface area contributed by atoms with Gasteiger partial charge < -0.3 is 19.3 Å². The zero-order valence-electron chi connectivity index (χ0n) is 15.5. The van der Waals surface area contributed by atoms with E-state index < -0.39 is 0 Å². The fourth-order valence-electron chi connectivity index (χ4n) is 4.12. The molecule has 10 heteroatoms. The van der Waals surface area contributed by atoms with E-state index in [1.807, 2.05) is 4.90 Å². The van der Waals surface area contributed by atoms with Gasteiger partial charge in [-0.3, -0.25) is 9.69 Å². The lowest BCUT2D eigenvalue weighted by molar-refractivity contribution is -0.152. The summed E-state index contributed by atoms with van der Waals surface area (Å²) in [6.45, 7) is 7.18. The molecular weight excluding hydrogens is 402 g/mol. The molecule has 8 nitrogen and oxygen atoms in total. The number of anilines is 1. The number of carbonyl (C=O) groups excluding carboxylic acids is 1. The van der Waals surface area contributed by atoms with Crippen molar-refractivity contribution >= 4 is 44.9 Å². The number of piperazine rings is 1. The molecule has 5 heterocycles. The number of aromatic nitrogens is 2. The summed E-state index contributed by atoms with van der Waals surface area (Å²) in [4.78, 5) is 28.7. The minimum atomic E-state index is 0.109. The number of halogens is 1. The highest BCUT2D eigenvalue weighted by molar-refractivity contribution is 7.19. The van der Waals surface area contributed by atoms with Crippen molar-refractivity contribution in [3.8, 4) is 0 Å². The van der Waals surface area contributed by atoms with Crippen LogP contribution in [0.1, 0.15) is 4.88 Å². The van der Waals surface area contributed by atoms with Crippen molar-refractivity contribution in [1.29, 1.82) is 0 Å². The normalized spacial score (nSPS) is 24.0. The Morgan fingerprint density at radius 3 is 2.89 bits per heavy atom. The minimum absolute atomic E-state index is 0.109. The molecule has 0 aliphatic carbocycles. The molecule has 2 aromatic rings. The Bertz CT molecular complexity index is 887. The molecule has 3 saturated heterocycles. The molecule has 0 saturated carbocycles. The Balaban J connectivity index is 1.36. The topological polar surface area (TPSA) is 71.0 Å². The first kappa shape index (κ1) is 18.5. The largest absolute Gasteiger partial charge is 0.378 e. The molecule has 1 amide bonds. The lowest BCUT2D eigenvalue weighted by atomic mass is 10.1. The Hall–Kier alpha value is -1.52. The van der Waals surface area contributed by atoms with Crippen molar-refractivity contribution in [2.24, 2.45) is 0 Å². The van der Waals surface area contributed by atoms with Crippen LogP contribution in [0.5, 0.6) is 0 Å². The highest BCUT2D eigenvalue weighted by Gasteiger charge is 2.34. The first-order valence-electron chi connectivity index (χ1n) is 9.55. The van der Waals surface area contributed by atoms with Gasteiger partial charge >= 0.3 is 0 Å². The minimum Gasteiger partial charge on any atom is -0.378 e. The van der Waals surface area contributed by atoms with Gasteiger partial charge in [-0.15, -0.1) is 11.3 Å². The van der Waals surface area contributed by atoms with Gasteiger partial charge in [0.1, 0.15) is 6.61 Å². The van der Waals surface area contributed by atoms with E-state index in [2.05, 4.69) is 25.8 Å². The van der Waals surface area contributed by atoms with Crippen LogP contribution in [0.4, 0.5) is 5.82 Å². The fraction of sp³-hybridized carbons (Fsp3) is 0.611. The molecule has 0 bridgehead atoms. The van der Waals surface area contributed by atoms with Crippen LogP contribution in [0.25, 0.3) is 10.2 Å². The van der Waals surface area contributed by atoms with E-state index in [9.17, 15) is 4.79 Å². The number of thiophene rings is 1. The molecule has 150 valence electrons. The van der Waals surface area contributed by atoms with Crippen LogP contribution in [-0.4, -0.2) is 90.9 Å². The van der Waals surface area contributed by atoms with Crippen LogP contribution >= 0.6 is 22.9 Å². The predicted octanol–water partition coefficient (Wildman–Crippen LogP) is 1.22. The number of amides is 1. The molecule has 0 spiro atoms. The zero-order chi connectivity index (χ0) is 19.1. The summed E-state index contributed by atoms with van der Waals surface area (Å²) >= 11 is 7.93. The molecular formula is C18H22ClN5O3S. The maximum absolute atomic E-state index is 12.0. The highest BCUT2D eigenvalue weighted by Crippen LogP contribution is 2.34. The number of hydrogen-bond donors (Lipinski definition) is 0. The smallest absolute Gasteiger partial charge is 0.248 e. The first-order valence-corrected chi connectivity index (χ1v) is 10.7. The summed E-state index contributed by atoms with van der Waals surface area (Å²) in [5.41, 5.74) is 0.899. The van der Waals surface area contributed by atoms with Gasteiger partial charge in [-0.2, -0.15) is 4.98 Å². The molecule has 3 aliphatic rings.